The van der Waals surface area contributed by atoms with Gasteiger partial charge in [0.15, 0.2) is 0 Å². The Balaban J connectivity index is 2.00. The molecule has 90 valence electrons. The summed E-state index contributed by atoms with van der Waals surface area (Å²) in [5.41, 5.74) is 2.55. The van der Waals surface area contributed by atoms with Gasteiger partial charge in [-0.3, -0.25) is 0 Å². The van der Waals surface area contributed by atoms with Crippen molar-refractivity contribution in [2.24, 2.45) is 4.99 Å². The van der Waals surface area contributed by atoms with Gasteiger partial charge in [-0.05, 0) is 42.5 Å². The molecule has 0 spiro atoms. The Bertz CT molecular complexity index is 622. The molecule has 3 rings (SSSR count). The van der Waals surface area contributed by atoms with Gasteiger partial charge in [-0.25, -0.2) is 9.38 Å². The molecule has 2 aromatic carbocycles. The molecule has 1 aliphatic heterocycles. The van der Waals surface area contributed by atoms with Gasteiger partial charge in [0.25, 0.3) is 0 Å². The number of hydrogen-bond acceptors (Lipinski definition) is 2. The second kappa shape index (κ2) is 4.42. The Morgan fingerprint density at radius 1 is 1.11 bits per heavy atom. The van der Waals surface area contributed by atoms with Crippen molar-refractivity contribution in [3.05, 3.63) is 64.4 Å². The molecule has 0 atom stereocenters. The number of halogens is 2. The summed E-state index contributed by atoms with van der Waals surface area (Å²) in [7, 11) is 0. The highest BCUT2D eigenvalue weighted by Crippen LogP contribution is 2.28. The van der Waals surface area contributed by atoms with Crippen LogP contribution in [0.3, 0.4) is 0 Å². The maximum absolute atomic E-state index is 12.8. The van der Waals surface area contributed by atoms with Gasteiger partial charge in [-0.1, -0.05) is 11.6 Å². The van der Waals surface area contributed by atoms with Crippen LogP contribution >= 0.6 is 11.6 Å². The summed E-state index contributed by atoms with van der Waals surface area (Å²) in [6.45, 7) is 0.423. The molecule has 4 heteroatoms. The predicted octanol–water partition coefficient (Wildman–Crippen LogP) is 4.09. The fraction of sp³-hybridized carbons (Fsp3) is 0.0714. The van der Waals surface area contributed by atoms with Crippen molar-refractivity contribution < 1.29 is 9.13 Å². The number of ether oxygens (including phenoxy) is 1. The standard InChI is InChI=1S/C14H9ClFNO/c15-11-3-6-13-10(7-11)8-18-14(17-13)9-1-4-12(16)5-2-9/h1-7H,8H2. The third kappa shape index (κ3) is 2.09. The Kier molecular flexibility index (Phi) is 2.76. The third-order valence-electron chi connectivity index (χ3n) is 2.72. The quantitative estimate of drug-likeness (QED) is 0.758. The van der Waals surface area contributed by atoms with Gasteiger partial charge < -0.3 is 4.74 Å². The van der Waals surface area contributed by atoms with Crippen molar-refractivity contribution in [1.29, 1.82) is 0 Å². The molecule has 0 aliphatic carbocycles. The van der Waals surface area contributed by atoms with E-state index in [2.05, 4.69) is 4.99 Å². The van der Waals surface area contributed by atoms with E-state index in [1.807, 2.05) is 12.1 Å². The van der Waals surface area contributed by atoms with Crippen molar-refractivity contribution in [3.63, 3.8) is 0 Å². The molecule has 2 aromatic rings. The summed E-state index contributed by atoms with van der Waals surface area (Å²) in [4.78, 5) is 4.40. The first-order valence-corrected chi connectivity index (χ1v) is 5.86. The van der Waals surface area contributed by atoms with Gasteiger partial charge in [0.05, 0.1) is 5.69 Å². The zero-order chi connectivity index (χ0) is 12.5. The first-order valence-electron chi connectivity index (χ1n) is 5.48. The average Bonchev–Trinajstić information content (AvgIpc) is 2.39. The lowest BCUT2D eigenvalue weighted by atomic mass is 10.1. The molecule has 0 radical (unpaired) electrons. The van der Waals surface area contributed by atoms with Gasteiger partial charge >= 0.3 is 0 Å². The van der Waals surface area contributed by atoms with Crippen LogP contribution in [0.25, 0.3) is 0 Å². The van der Waals surface area contributed by atoms with E-state index in [-0.39, 0.29) is 5.82 Å². The van der Waals surface area contributed by atoms with Crippen LogP contribution in [-0.2, 0) is 11.3 Å². The lowest BCUT2D eigenvalue weighted by Crippen LogP contribution is -2.11. The van der Waals surface area contributed by atoms with Gasteiger partial charge in [0, 0.05) is 16.1 Å². The highest BCUT2D eigenvalue weighted by molar-refractivity contribution is 6.30. The van der Waals surface area contributed by atoms with Crippen LogP contribution < -0.4 is 0 Å². The van der Waals surface area contributed by atoms with E-state index in [0.29, 0.717) is 17.5 Å². The van der Waals surface area contributed by atoms with E-state index in [9.17, 15) is 4.39 Å². The van der Waals surface area contributed by atoms with Crippen LogP contribution in [-0.4, -0.2) is 5.90 Å². The van der Waals surface area contributed by atoms with Crippen LogP contribution in [0.5, 0.6) is 0 Å². The second-order valence-corrected chi connectivity index (χ2v) is 4.42. The second-order valence-electron chi connectivity index (χ2n) is 3.99. The van der Waals surface area contributed by atoms with E-state index in [1.54, 1.807) is 18.2 Å². The Hall–Kier alpha value is -1.87. The van der Waals surface area contributed by atoms with E-state index in [0.717, 1.165) is 16.8 Å². The summed E-state index contributed by atoms with van der Waals surface area (Å²) in [5.74, 6) is 0.229. The largest absolute Gasteiger partial charge is 0.472 e. The number of aliphatic imine (C=N–C) groups is 1. The van der Waals surface area contributed by atoms with Crippen LogP contribution in [0.4, 0.5) is 10.1 Å². The first-order chi connectivity index (χ1) is 8.72. The molecule has 0 unspecified atom stereocenters. The number of benzene rings is 2. The zero-order valence-electron chi connectivity index (χ0n) is 9.36. The van der Waals surface area contributed by atoms with Crippen molar-refractivity contribution in [2.45, 2.75) is 6.61 Å². The van der Waals surface area contributed by atoms with Crippen molar-refractivity contribution >= 4 is 23.2 Å². The van der Waals surface area contributed by atoms with Crippen molar-refractivity contribution in [1.82, 2.24) is 0 Å². The zero-order valence-corrected chi connectivity index (χ0v) is 10.1. The van der Waals surface area contributed by atoms with Gasteiger partial charge in [-0.15, -0.1) is 0 Å². The fourth-order valence-electron chi connectivity index (χ4n) is 1.81. The Morgan fingerprint density at radius 3 is 2.67 bits per heavy atom. The molecule has 0 fully saturated rings. The highest BCUT2D eigenvalue weighted by Gasteiger charge is 2.14. The molecular formula is C14H9ClFNO. The highest BCUT2D eigenvalue weighted by atomic mass is 35.5. The molecule has 0 bridgehead atoms. The van der Waals surface area contributed by atoms with Gasteiger partial charge in [0.2, 0.25) is 5.90 Å². The van der Waals surface area contributed by atoms with Crippen LogP contribution in [0.1, 0.15) is 11.1 Å². The van der Waals surface area contributed by atoms with Crippen LogP contribution in [0, 0.1) is 5.82 Å². The normalized spacial score (nSPS) is 13.6. The van der Waals surface area contributed by atoms with Crippen molar-refractivity contribution in [2.75, 3.05) is 0 Å². The van der Waals surface area contributed by atoms with Gasteiger partial charge in [0.1, 0.15) is 12.4 Å². The molecule has 1 aliphatic rings. The number of fused-ring (bicyclic) bond motifs is 1. The summed E-state index contributed by atoms with van der Waals surface area (Å²) < 4.78 is 18.4. The predicted molar refractivity (Wildman–Crippen MR) is 68.8 cm³/mol. The lowest BCUT2D eigenvalue weighted by molar-refractivity contribution is 0.288. The van der Waals surface area contributed by atoms with Gasteiger partial charge in [-0.2, -0.15) is 0 Å². The fourth-order valence-corrected chi connectivity index (χ4v) is 2.00. The van der Waals surface area contributed by atoms with Crippen LogP contribution in [0.2, 0.25) is 5.02 Å². The molecule has 0 N–H and O–H groups in total. The van der Waals surface area contributed by atoms with E-state index >= 15 is 0 Å². The molecule has 2 nitrogen and oxygen atoms in total. The van der Waals surface area contributed by atoms with E-state index < -0.39 is 0 Å². The molecule has 0 saturated carbocycles. The molecule has 0 aromatic heterocycles. The number of hydrogen-bond donors (Lipinski definition) is 0. The first kappa shape index (κ1) is 11.2. The smallest absolute Gasteiger partial charge is 0.221 e. The molecule has 0 saturated heterocycles. The summed E-state index contributed by atoms with van der Waals surface area (Å²) in [6, 6.07) is 11.5. The van der Waals surface area contributed by atoms with Crippen LogP contribution in [0.15, 0.2) is 47.5 Å². The molecular weight excluding hydrogens is 253 g/mol. The third-order valence-corrected chi connectivity index (χ3v) is 2.95. The minimum Gasteiger partial charge on any atom is -0.472 e. The SMILES string of the molecule is Fc1ccc(C2=Nc3ccc(Cl)cc3CO2)cc1. The monoisotopic (exact) mass is 261 g/mol. The molecule has 18 heavy (non-hydrogen) atoms. The minimum absolute atomic E-state index is 0.276. The maximum Gasteiger partial charge on any atom is 0.221 e. The lowest BCUT2D eigenvalue weighted by Gasteiger charge is -2.17. The number of nitrogens with zero attached hydrogens (tertiary/aromatic N) is 1. The molecule has 1 heterocycles. The Morgan fingerprint density at radius 2 is 1.89 bits per heavy atom. The summed E-state index contributed by atoms with van der Waals surface area (Å²) >= 11 is 5.90. The molecule has 0 amide bonds. The van der Waals surface area contributed by atoms with Crippen molar-refractivity contribution in [3.8, 4) is 0 Å². The number of rotatable bonds is 1. The minimum atomic E-state index is -0.276. The van der Waals surface area contributed by atoms with E-state index in [1.165, 1.54) is 12.1 Å². The van der Waals surface area contributed by atoms with E-state index in [4.69, 9.17) is 16.3 Å². The summed E-state index contributed by atoms with van der Waals surface area (Å²) in [6.07, 6.45) is 0. The summed E-state index contributed by atoms with van der Waals surface area (Å²) in [5, 5.41) is 0.665. The topological polar surface area (TPSA) is 21.6 Å². The average molecular weight is 262 g/mol. The Labute approximate surface area is 109 Å². The maximum atomic E-state index is 12.8.